The van der Waals surface area contributed by atoms with Gasteiger partial charge in [-0.05, 0) is 46.0 Å². The summed E-state index contributed by atoms with van der Waals surface area (Å²) in [6.07, 6.45) is 0.887. The Hall–Kier alpha value is -0.590. The van der Waals surface area contributed by atoms with Gasteiger partial charge in [0.2, 0.25) is 10.0 Å². The Balaban J connectivity index is 2.34. The van der Waals surface area contributed by atoms with Crippen LogP contribution < -0.4 is 5.73 Å². The summed E-state index contributed by atoms with van der Waals surface area (Å²) in [5, 5.41) is 0. The lowest BCUT2D eigenvalue weighted by Gasteiger charge is -2.20. The number of rotatable bonds is 2. The number of halogens is 1. The monoisotopic (exact) mass is 332 g/mol. The normalized spacial score (nSPS) is 20.2. The van der Waals surface area contributed by atoms with Gasteiger partial charge in [0.15, 0.2) is 0 Å². The maximum atomic E-state index is 12.4. The first-order valence-corrected chi connectivity index (χ1v) is 8.01. The molecule has 1 saturated heterocycles. The maximum Gasteiger partial charge on any atom is 0.243 e. The van der Waals surface area contributed by atoms with E-state index < -0.39 is 10.0 Å². The number of hydrogen-bond donors (Lipinski definition) is 1. The van der Waals surface area contributed by atoms with Gasteiger partial charge in [-0.15, -0.1) is 0 Å². The van der Waals surface area contributed by atoms with Crippen molar-refractivity contribution in [1.29, 1.82) is 0 Å². The number of nitrogens with zero attached hydrogens (tertiary/aromatic N) is 1. The third kappa shape index (κ3) is 2.55. The van der Waals surface area contributed by atoms with Crippen LogP contribution in [0, 0.1) is 5.41 Å². The number of benzene rings is 1. The fourth-order valence-electron chi connectivity index (χ4n) is 2.10. The molecule has 6 heteroatoms. The topological polar surface area (TPSA) is 63.4 Å². The number of nitrogens with two attached hydrogens (primary N) is 1. The molecule has 1 aromatic carbocycles. The van der Waals surface area contributed by atoms with Gasteiger partial charge in [-0.25, -0.2) is 8.42 Å². The van der Waals surface area contributed by atoms with E-state index in [0.29, 0.717) is 23.2 Å². The summed E-state index contributed by atoms with van der Waals surface area (Å²) >= 11 is 3.26. The molecule has 1 fully saturated rings. The summed E-state index contributed by atoms with van der Waals surface area (Å²) < 4.78 is 27.1. The van der Waals surface area contributed by atoms with Crippen molar-refractivity contribution in [3.05, 3.63) is 22.7 Å². The smallest absolute Gasteiger partial charge is 0.243 e. The first kappa shape index (κ1) is 13.8. The van der Waals surface area contributed by atoms with Gasteiger partial charge >= 0.3 is 0 Å². The van der Waals surface area contributed by atoms with Gasteiger partial charge in [0.05, 0.1) is 4.90 Å². The molecule has 0 atom stereocenters. The molecule has 0 amide bonds. The van der Waals surface area contributed by atoms with E-state index in [1.54, 1.807) is 12.1 Å². The molecule has 18 heavy (non-hydrogen) atoms. The molecular weight excluding hydrogens is 316 g/mol. The highest BCUT2D eigenvalue weighted by Gasteiger charge is 2.36. The minimum absolute atomic E-state index is 0.0496. The van der Waals surface area contributed by atoms with Crippen LogP contribution in [-0.4, -0.2) is 25.8 Å². The van der Waals surface area contributed by atoms with E-state index in [1.807, 2.05) is 0 Å². The van der Waals surface area contributed by atoms with Crippen LogP contribution in [0.5, 0.6) is 0 Å². The van der Waals surface area contributed by atoms with E-state index in [2.05, 4.69) is 29.8 Å². The van der Waals surface area contributed by atoms with Crippen LogP contribution in [0.1, 0.15) is 20.3 Å². The van der Waals surface area contributed by atoms with Crippen LogP contribution in [0.15, 0.2) is 27.6 Å². The highest BCUT2D eigenvalue weighted by molar-refractivity contribution is 9.10. The maximum absolute atomic E-state index is 12.4. The fraction of sp³-hybridized carbons (Fsp3) is 0.500. The minimum Gasteiger partial charge on any atom is -0.398 e. The Morgan fingerprint density at radius 2 is 2.06 bits per heavy atom. The molecule has 0 radical (unpaired) electrons. The lowest BCUT2D eigenvalue weighted by Crippen LogP contribution is -2.30. The quantitative estimate of drug-likeness (QED) is 0.846. The molecule has 2 rings (SSSR count). The Bertz CT molecular complexity index is 569. The zero-order chi connectivity index (χ0) is 13.6. The third-order valence-corrected chi connectivity index (χ3v) is 5.81. The van der Waals surface area contributed by atoms with E-state index in [4.69, 9.17) is 5.73 Å². The van der Waals surface area contributed by atoms with Crippen LogP contribution in [0.25, 0.3) is 0 Å². The van der Waals surface area contributed by atoms with Gasteiger partial charge in [0, 0.05) is 23.2 Å². The molecule has 0 aromatic heterocycles. The molecule has 1 aliphatic rings. The lowest BCUT2D eigenvalue weighted by atomic mass is 9.93. The molecule has 0 aliphatic carbocycles. The van der Waals surface area contributed by atoms with Crippen molar-refractivity contribution in [3.8, 4) is 0 Å². The highest BCUT2D eigenvalue weighted by Crippen LogP contribution is 2.33. The largest absolute Gasteiger partial charge is 0.398 e. The lowest BCUT2D eigenvalue weighted by molar-refractivity contribution is 0.375. The van der Waals surface area contributed by atoms with Gasteiger partial charge < -0.3 is 5.73 Å². The number of nitrogen functional groups attached to an aromatic ring is 1. The van der Waals surface area contributed by atoms with Crippen LogP contribution in [0.4, 0.5) is 5.69 Å². The van der Waals surface area contributed by atoms with Crippen molar-refractivity contribution in [2.24, 2.45) is 5.41 Å². The first-order valence-electron chi connectivity index (χ1n) is 5.78. The van der Waals surface area contributed by atoms with E-state index >= 15 is 0 Å². The molecule has 100 valence electrons. The molecular formula is C12H17BrN2O2S. The van der Waals surface area contributed by atoms with Crippen molar-refractivity contribution in [2.75, 3.05) is 18.8 Å². The summed E-state index contributed by atoms with van der Waals surface area (Å²) in [6, 6.07) is 4.76. The summed E-state index contributed by atoms with van der Waals surface area (Å²) in [4.78, 5) is 0.265. The van der Waals surface area contributed by atoms with Crippen LogP contribution in [0.2, 0.25) is 0 Å². The SMILES string of the molecule is CC1(C)CCN(S(=O)(=O)c2ccc(Br)c(N)c2)C1. The van der Waals surface area contributed by atoms with E-state index in [-0.39, 0.29) is 10.3 Å². The zero-order valence-electron chi connectivity index (χ0n) is 10.5. The molecule has 1 aliphatic heterocycles. The van der Waals surface area contributed by atoms with Crippen LogP contribution in [-0.2, 0) is 10.0 Å². The molecule has 2 N–H and O–H groups in total. The Labute approximate surface area is 116 Å². The van der Waals surface area contributed by atoms with Crippen molar-refractivity contribution in [3.63, 3.8) is 0 Å². The first-order chi connectivity index (χ1) is 8.22. The third-order valence-electron chi connectivity index (χ3n) is 3.25. The fourth-order valence-corrected chi connectivity index (χ4v) is 4.01. The van der Waals surface area contributed by atoms with Crippen molar-refractivity contribution in [2.45, 2.75) is 25.2 Å². The minimum atomic E-state index is -3.42. The molecule has 4 nitrogen and oxygen atoms in total. The predicted octanol–water partition coefficient (Wildman–Crippen LogP) is 2.45. The molecule has 0 bridgehead atoms. The van der Waals surface area contributed by atoms with Gasteiger partial charge in [0.25, 0.3) is 0 Å². The number of hydrogen-bond acceptors (Lipinski definition) is 3. The second kappa shape index (κ2) is 4.51. The second-order valence-electron chi connectivity index (χ2n) is 5.44. The zero-order valence-corrected chi connectivity index (χ0v) is 12.9. The van der Waals surface area contributed by atoms with Crippen molar-refractivity contribution < 1.29 is 8.42 Å². The summed E-state index contributed by atoms with van der Waals surface area (Å²) in [5.74, 6) is 0. The van der Waals surface area contributed by atoms with Gasteiger partial charge in [0.1, 0.15) is 0 Å². The van der Waals surface area contributed by atoms with Gasteiger partial charge in [-0.2, -0.15) is 4.31 Å². The molecule has 1 heterocycles. The van der Waals surface area contributed by atoms with Crippen LogP contribution >= 0.6 is 15.9 Å². The highest BCUT2D eigenvalue weighted by atomic mass is 79.9. The van der Waals surface area contributed by atoms with Crippen LogP contribution in [0.3, 0.4) is 0 Å². The average molecular weight is 333 g/mol. The second-order valence-corrected chi connectivity index (χ2v) is 8.23. The number of sulfonamides is 1. The summed E-state index contributed by atoms with van der Waals surface area (Å²) in [5.41, 5.74) is 6.23. The summed E-state index contributed by atoms with van der Waals surface area (Å²) in [7, 11) is -3.42. The molecule has 0 unspecified atom stereocenters. The van der Waals surface area contributed by atoms with Crippen molar-refractivity contribution in [1.82, 2.24) is 4.31 Å². The van der Waals surface area contributed by atoms with E-state index in [0.717, 1.165) is 6.42 Å². The number of anilines is 1. The Morgan fingerprint density at radius 3 is 2.56 bits per heavy atom. The van der Waals surface area contributed by atoms with E-state index in [1.165, 1.54) is 10.4 Å². The van der Waals surface area contributed by atoms with Gasteiger partial charge in [-0.1, -0.05) is 13.8 Å². The summed E-state index contributed by atoms with van der Waals surface area (Å²) in [6.45, 7) is 5.30. The molecule has 0 saturated carbocycles. The predicted molar refractivity (Wildman–Crippen MR) is 75.7 cm³/mol. The van der Waals surface area contributed by atoms with Crippen molar-refractivity contribution >= 4 is 31.6 Å². The molecule has 0 spiro atoms. The standard InChI is InChI=1S/C12H17BrN2O2S/c1-12(2)5-6-15(8-12)18(16,17)9-3-4-10(13)11(14)7-9/h3-4,7H,5-6,8,14H2,1-2H3. The van der Waals surface area contributed by atoms with E-state index in [9.17, 15) is 8.42 Å². The van der Waals surface area contributed by atoms with Gasteiger partial charge in [-0.3, -0.25) is 0 Å². The molecule has 1 aromatic rings. The Kier molecular flexibility index (Phi) is 3.46. The Morgan fingerprint density at radius 1 is 1.39 bits per heavy atom. The average Bonchev–Trinajstić information content (AvgIpc) is 2.63.